The van der Waals surface area contributed by atoms with Gasteiger partial charge in [0.25, 0.3) is 0 Å². The van der Waals surface area contributed by atoms with Crippen molar-refractivity contribution in [2.75, 3.05) is 13.6 Å². The minimum atomic E-state index is -0.295. The zero-order valence-corrected chi connectivity index (χ0v) is 12.8. The van der Waals surface area contributed by atoms with Gasteiger partial charge in [0.1, 0.15) is 0 Å². The summed E-state index contributed by atoms with van der Waals surface area (Å²) in [5, 5.41) is 0. The number of likely N-dealkylation sites (N-methyl/N-ethyl adjacent to an activating group) is 1. The lowest BCUT2D eigenvalue weighted by Gasteiger charge is -2.58. The van der Waals surface area contributed by atoms with Crippen LogP contribution in [0.1, 0.15) is 53.6 Å². The van der Waals surface area contributed by atoms with Crippen LogP contribution in [0.15, 0.2) is 18.2 Å². The summed E-state index contributed by atoms with van der Waals surface area (Å²) < 4.78 is 0. The highest BCUT2D eigenvalue weighted by molar-refractivity contribution is 5.93. The highest BCUT2D eigenvalue weighted by atomic mass is 16.1. The Morgan fingerprint density at radius 3 is 3.00 bits per heavy atom. The average molecular weight is 284 g/mol. The van der Waals surface area contributed by atoms with Crippen LogP contribution in [0.3, 0.4) is 0 Å². The molecule has 1 aromatic carbocycles. The number of benzene rings is 1. The Hall–Kier alpha value is -1.35. The van der Waals surface area contributed by atoms with Crippen molar-refractivity contribution in [2.45, 2.75) is 50.0 Å². The summed E-state index contributed by atoms with van der Waals surface area (Å²) in [6, 6.07) is 6.88. The van der Waals surface area contributed by atoms with Crippen LogP contribution in [-0.2, 0) is 11.8 Å². The van der Waals surface area contributed by atoms with E-state index in [0.717, 1.165) is 12.3 Å². The molecule has 1 aromatic rings. The number of hydrogen-bond acceptors (Lipinski definition) is 2. The van der Waals surface area contributed by atoms with Crippen molar-refractivity contribution in [2.24, 2.45) is 11.7 Å². The van der Waals surface area contributed by atoms with E-state index in [4.69, 9.17) is 5.73 Å². The summed E-state index contributed by atoms with van der Waals surface area (Å²) in [5.74, 6) is 0.470. The number of piperidine rings is 1. The fraction of sp³-hybridized carbons (Fsp3) is 0.611. The molecule has 4 rings (SSSR count). The molecule has 0 spiro atoms. The first-order valence-corrected chi connectivity index (χ1v) is 8.25. The fourth-order valence-corrected chi connectivity index (χ4v) is 5.35. The van der Waals surface area contributed by atoms with E-state index < -0.39 is 0 Å². The number of nitrogens with zero attached hydrogens (tertiary/aromatic N) is 1. The van der Waals surface area contributed by atoms with Gasteiger partial charge in [-0.05, 0) is 68.5 Å². The number of fused-ring (bicyclic) bond motifs is 1. The number of carbonyl (C=O) groups excluding carboxylic acids is 1. The number of likely N-dealkylation sites (tertiary alicyclic amines) is 1. The summed E-state index contributed by atoms with van der Waals surface area (Å²) in [7, 11) is 2.28. The molecule has 1 saturated heterocycles. The summed E-state index contributed by atoms with van der Waals surface area (Å²) in [4.78, 5) is 14.2. The first-order chi connectivity index (χ1) is 10.1. The number of nitrogens with two attached hydrogens (primary N) is 1. The van der Waals surface area contributed by atoms with Crippen LogP contribution < -0.4 is 5.73 Å². The van der Waals surface area contributed by atoms with Gasteiger partial charge in [0.05, 0.1) is 0 Å². The molecule has 2 bridgehead atoms. The molecule has 3 nitrogen and oxygen atoms in total. The van der Waals surface area contributed by atoms with Crippen LogP contribution in [0, 0.1) is 5.92 Å². The normalized spacial score (nSPS) is 34.9. The molecular weight excluding hydrogens is 260 g/mol. The largest absolute Gasteiger partial charge is 0.366 e. The fourth-order valence-electron chi connectivity index (χ4n) is 5.35. The molecule has 1 amide bonds. The molecule has 1 aliphatic heterocycles. The van der Waals surface area contributed by atoms with E-state index in [1.807, 2.05) is 6.07 Å². The lowest BCUT2D eigenvalue weighted by Crippen LogP contribution is -2.59. The first kappa shape index (κ1) is 13.3. The quantitative estimate of drug-likeness (QED) is 0.861. The van der Waals surface area contributed by atoms with Crippen molar-refractivity contribution >= 4 is 5.91 Å². The highest BCUT2D eigenvalue weighted by Crippen LogP contribution is 2.55. The first-order valence-electron chi connectivity index (χ1n) is 8.25. The Kier molecular flexibility index (Phi) is 2.90. The molecular formula is C18H24N2O. The summed E-state index contributed by atoms with van der Waals surface area (Å²) in [6.45, 7) is 1.18. The van der Waals surface area contributed by atoms with Crippen LogP contribution in [0.4, 0.5) is 0 Å². The molecule has 21 heavy (non-hydrogen) atoms. The third-order valence-electron chi connectivity index (χ3n) is 6.40. The van der Waals surface area contributed by atoms with Crippen molar-refractivity contribution in [3.05, 3.63) is 34.9 Å². The minimum Gasteiger partial charge on any atom is -0.366 e. The maximum Gasteiger partial charge on any atom is 0.248 e. The van der Waals surface area contributed by atoms with Gasteiger partial charge in [0.15, 0.2) is 0 Å². The molecule has 3 aliphatic rings. The average Bonchev–Trinajstić information content (AvgIpc) is 2.50. The molecule has 1 unspecified atom stereocenters. The van der Waals surface area contributed by atoms with E-state index in [-0.39, 0.29) is 5.91 Å². The van der Waals surface area contributed by atoms with Gasteiger partial charge in [-0.15, -0.1) is 0 Å². The summed E-state index contributed by atoms with van der Waals surface area (Å²) in [5.41, 5.74) is 9.42. The van der Waals surface area contributed by atoms with Crippen molar-refractivity contribution < 1.29 is 4.79 Å². The second-order valence-electron chi connectivity index (χ2n) is 7.25. The number of rotatable bonds is 1. The van der Waals surface area contributed by atoms with Crippen molar-refractivity contribution in [1.82, 2.24) is 4.90 Å². The van der Waals surface area contributed by atoms with Gasteiger partial charge in [0.2, 0.25) is 5.91 Å². The van der Waals surface area contributed by atoms with E-state index in [1.54, 1.807) is 0 Å². The van der Waals surface area contributed by atoms with Gasteiger partial charge < -0.3 is 10.6 Å². The molecule has 1 heterocycles. The highest BCUT2D eigenvalue weighted by Gasteiger charge is 2.53. The van der Waals surface area contributed by atoms with Crippen LogP contribution in [0.2, 0.25) is 0 Å². The van der Waals surface area contributed by atoms with E-state index in [1.165, 1.54) is 49.8 Å². The monoisotopic (exact) mass is 284 g/mol. The SMILES string of the molecule is CN1CC[C@@]23CCCC[C@H]2C1Cc1ccc(C(N)=O)cc13. The molecule has 0 radical (unpaired) electrons. The molecule has 2 N–H and O–H groups in total. The standard InChI is InChI=1S/C18H24N2O/c1-20-9-8-18-7-3-2-4-14(18)16(20)11-12-5-6-13(17(19)21)10-15(12)18/h5-6,10,14,16H,2-4,7-9,11H2,1H3,(H2,19,21)/t14-,16?,18-/m0/s1. The molecule has 112 valence electrons. The minimum absolute atomic E-state index is 0.295. The van der Waals surface area contributed by atoms with Crippen molar-refractivity contribution in [1.29, 1.82) is 0 Å². The lowest BCUT2D eigenvalue weighted by atomic mass is 9.52. The third kappa shape index (κ3) is 1.80. The Balaban J connectivity index is 1.89. The molecule has 1 saturated carbocycles. The van der Waals surface area contributed by atoms with Gasteiger partial charge in [-0.1, -0.05) is 18.9 Å². The van der Waals surface area contributed by atoms with Gasteiger partial charge in [0, 0.05) is 17.0 Å². The van der Waals surface area contributed by atoms with E-state index >= 15 is 0 Å². The predicted octanol–water partition coefficient (Wildman–Crippen LogP) is 2.47. The number of hydrogen-bond donors (Lipinski definition) is 1. The van der Waals surface area contributed by atoms with Crippen LogP contribution >= 0.6 is 0 Å². The summed E-state index contributed by atoms with van der Waals surface area (Å²) in [6.07, 6.45) is 7.69. The smallest absolute Gasteiger partial charge is 0.248 e. The Morgan fingerprint density at radius 1 is 1.33 bits per heavy atom. The van der Waals surface area contributed by atoms with E-state index in [9.17, 15) is 4.79 Å². The van der Waals surface area contributed by atoms with Crippen molar-refractivity contribution in [3.8, 4) is 0 Å². The number of carbonyl (C=O) groups is 1. The molecule has 0 aromatic heterocycles. The maximum atomic E-state index is 11.6. The molecule has 3 heteroatoms. The van der Waals surface area contributed by atoms with Crippen LogP contribution in [0.25, 0.3) is 0 Å². The number of amides is 1. The third-order valence-corrected chi connectivity index (χ3v) is 6.40. The molecule has 2 aliphatic carbocycles. The van der Waals surface area contributed by atoms with Crippen LogP contribution in [-0.4, -0.2) is 30.4 Å². The van der Waals surface area contributed by atoms with Gasteiger partial charge in [-0.25, -0.2) is 0 Å². The maximum absolute atomic E-state index is 11.6. The zero-order chi connectivity index (χ0) is 14.6. The second kappa shape index (κ2) is 4.57. The van der Waals surface area contributed by atoms with E-state index in [0.29, 0.717) is 17.0 Å². The predicted molar refractivity (Wildman–Crippen MR) is 83.3 cm³/mol. The molecule has 2 fully saturated rings. The zero-order valence-electron chi connectivity index (χ0n) is 12.8. The Bertz CT molecular complexity index is 597. The molecule has 3 atom stereocenters. The van der Waals surface area contributed by atoms with Crippen LogP contribution in [0.5, 0.6) is 0 Å². The topological polar surface area (TPSA) is 46.3 Å². The van der Waals surface area contributed by atoms with Crippen molar-refractivity contribution in [3.63, 3.8) is 0 Å². The van der Waals surface area contributed by atoms with Gasteiger partial charge in [-0.3, -0.25) is 4.79 Å². The number of primary amides is 1. The van der Waals surface area contributed by atoms with E-state index in [2.05, 4.69) is 24.1 Å². The van der Waals surface area contributed by atoms with Gasteiger partial charge >= 0.3 is 0 Å². The Morgan fingerprint density at radius 2 is 2.19 bits per heavy atom. The van der Waals surface area contributed by atoms with Gasteiger partial charge in [-0.2, -0.15) is 0 Å². The Labute approximate surface area is 126 Å². The lowest BCUT2D eigenvalue weighted by molar-refractivity contribution is 0.00283. The second-order valence-corrected chi connectivity index (χ2v) is 7.25. The summed E-state index contributed by atoms with van der Waals surface area (Å²) >= 11 is 0.